The van der Waals surface area contributed by atoms with E-state index in [1.165, 1.54) is 60.5 Å². The quantitative estimate of drug-likeness (QED) is 0.165. The van der Waals surface area contributed by atoms with E-state index in [9.17, 15) is 0 Å². The molecule has 0 saturated carbocycles. The smallest absolute Gasteiger partial charge is 0.0462 e. The minimum Gasteiger partial charge on any atom is -0.311 e. The van der Waals surface area contributed by atoms with Crippen LogP contribution in [0.5, 0.6) is 0 Å². The number of hydrogen-bond donors (Lipinski definition) is 0. The van der Waals surface area contributed by atoms with E-state index in [0.29, 0.717) is 0 Å². The molecule has 0 N–H and O–H groups in total. The van der Waals surface area contributed by atoms with Gasteiger partial charge in [-0.15, -0.1) is 0 Å². The standard InChI is InChI=1S/C48H39N/c1-48(2,3)40-25-17-35(18-26-40)37-21-29-42(30-22-37)49(41-27-19-36(20-28-41)34-11-5-4-6-12-34)43-31-23-38(24-32-43)47-33-39-13-7-8-14-44(39)45-15-9-10-16-46(45)47/h4-33H,1-3H3. The fourth-order valence-electron chi connectivity index (χ4n) is 6.93. The summed E-state index contributed by atoms with van der Waals surface area (Å²) in [5, 5.41) is 5.10. The first-order chi connectivity index (χ1) is 23.9. The third-order valence-corrected chi connectivity index (χ3v) is 9.65. The molecule has 0 aliphatic carbocycles. The Morgan fingerprint density at radius 1 is 0.347 bits per heavy atom. The molecule has 49 heavy (non-hydrogen) atoms. The molecule has 0 aliphatic heterocycles. The normalized spacial score (nSPS) is 11.6. The summed E-state index contributed by atoms with van der Waals surface area (Å²) in [6.07, 6.45) is 0. The van der Waals surface area contributed by atoms with Crippen LogP contribution in [0.25, 0.3) is 54.9 Å². The van der Waals surface area contributed by atoms with Gasteiger partial charge in [0, 0.05) is 17.1 Å². The molecule has 0 spiro atoms. The van der Waals surface area contributed by atoms with Crippen LogP contribution in [0.15, 0.2) is 182 Å². The fraction of sp³-hybridized carbons (Fsp3) is 0.0833. The van der Waals surface area contributed by atoms with Crippen LogP contribution < -0.4 is 4.90 Å². The Morgan fingerprint density at radius 2 is 0.755 bits per heavy atom. The molecule has 0 fully saturated rings. The maximum Gasteiger partial charge on any atom is 0.0462 e. The highest BCUT2D eigenvalue weighted by Gasteiger charge is 2.16. The molecule has 236 valence electrons. The van der Waals surface area contributed by atoms with E-state index < -0.39 is 0 Å². The van der Waals surface area contributed by atoms with E-state index >= 15 is 0 Å². The zero-order valence-corrected chi connectivity index (χ0v) is 28.3. The lowest BCUT2D eigenvalue weighted by Gasteiger charge is -2.26. The molecule has 0 aromatic heterocycles. The van der Waals surface area contributed by atoms with E-state index in [0.717, 1.165) is 17.1 Å². The Bertz CT molecular complexity index is 2360. The highest BCUT2D eigenvalue weighted by molar-refractivity contribution is 6.13. The van der Waals surface area contributed by atoms with Gasteiger partial charge in [0.2, 0.25) is 0 Å². The molecular formula is C48H39N. The highest BCUT2D eigenvalue weighted by Crippen LogP contribution is 2.40. The Labute approximate surface area is 289 Å². The van der Waals surface area contributed by atoms with Crippen LogP contribution in [0.3, 0.4) is 0 Å². The van der Waals surface area contributed by atoms with E-state index in [2.05, 4.69) is 208 Å². The Kier molecular flexibility index (Phi) is 7.82. The maximum absolute atomic E-state index is 2.35. The van der Waals surface area contributed by atoms with Gasteiger partial charge in [0.15, 0.2) is 0 Å². The minimum absolute atomic E-state index is 0.135. The van der Waals surface area contributed by atoms with Crippen molar-refractivity contribution in [1.82, 2.24) is 0 Å². The van der Waals surface area contributed by atoms with Gasteiger partial charge in [-0.1, -0.05) is 160 Å². The van der Waals surface area contributed by atoms with Gasteiger partial charge in [-0.2, -0.15) is 0 Å². The van der Waals surface area contributed by atoms with Crippen LogP contribution in [-0.4, -0.2) is 0 Å². The predicted octanol–water partition coefficient (Wildman–Crippen LogP) is 13.8. The summed E-state index contributed by atoms with van der Waals surface area (Å²) < 4.78 is 0. The average Bonchev–Trinajstić information content (AvgIpc) is 3.16. The second-order valence-corrected chi connectivity index (χ2v) is 13.9. The van der Waals surface area contributed by atoms with E-state index in [4.69, 9.17) is 0 Å². The topological polar surface area (TPSA) is 3.24 Å². The third-order valence-electron chi connectivity index (χ3n) is 9.65. The van der Waals surface area contributed by atoms with Crippen molar-refractivity contribution < 1.29 is 0 Å². The second-order valence-electron chi connectivity index (χ2n) is 13.9. The van der Waals surface area contributed by atoms with Gasteiger partial charge in [-0.25, -0.2) is 0 Å². The van der Waals surface area contributed by atoms with Crippen molar-refractivity contribution in [2.45, 2.75) is 26.2 Å². The van der Waals surface area contributed by atoms with Gasteiger partial charge >= 0.3 is 0 Å². The molecule has 0 atom stereocenters. The molecular weight excluding hydrogens is 591 g/mol. The van der Waals surface area contributed by atoms with E-state index in [1.807, 2.05) is 0 Å². The fourth-order valence-corrected chi connectivity index (χ4v) is 6.93. The molecule has 8 aromatic carbocycles. The summed E-state index contributed by atoms with van der Waals surface area (Å²) in [6, 6.07) is 66.2. The molecule has 8 rings (SSSR count). The molecule has 0 unspecified atom stereocenters. The molecule has 0 saturated heterocycles. The first-order valence-corrected chi connectivity index (χ1v) is 17.1. The van der Waals surface area contributed by atoms with Crippen LogP contribution in [0.1, 0.15) is 26.3 Å². The number of benzene rings is 8. The van der Waals surface area contributed by atoms with Crippen LogP contribution in [0, 0.1) is 0 Å². The Morgan fingerprint density at radius 3 is 1.29 bits per heavy atom. The zero-order chi connectivity index (χ0) is 33.4. The first kappa shape index (κ1) is 30.4. The van der Waals surface area contributed by atoms with Crippen molar-refractivity contribution in [3.8, 4) is 33.4 Å². The van der Waals surface area contributed by atoms with E-state index in [1.54, 1.807) is 0 Å². The molecule has 1 heteroatoms. The van der Waals surface area contributed by atoms with Gasteiger partial charge in [0.25, 0.3) is 0 Å². The lowest BCUT2D eigenvalue weighted by atomic mass is 9.86. The number of anilines is 3. The molecule has 0 bridgehead atoms. The van der Waals surface area contributed by atoms with Crippen molar-refractivity contribution in [2.75, 3.05) is 4.90 Å². The van der Waals surface area contributed by atoms with Gasteiger partial charge in [0.05, 0.1) is 0 Å². The predicted molar refractivity (Wildman–Crippen MR) is 211 cm³/mol. The SMILES string of the molecule is CC(C)(C)c1ccc(-c2ccc(N(c3ccc(-c4ccccc4)cc3)c3ccc(-c4cc5ccccc5c5ccccc45)cc3)cc2)cc1. The molecule has 1 nitrogen and oxygen atoms in total. The lowest BCUT2D eigenvalue weighted by Crippen LogP contribution is -2.10. The second kappa shape index (κ2) is 12.6. The van der Waals surface area contributed by atoms with Crippen LogP contribution >= 0.6 is 0 Å². The highest BCUT2D eigenvalue weighted by atomic mass is 15.1. The summed E-state index contributed by atoms with van der Waals surface area (Å²) >= 11 is 0. The van der Waals surface area contributed by atoms with Crippen molar-refractivity contribution in [2.24, 2.45) is 0 Å². The summed E-state index contributed by atoms with van der Waals surface area (Å²) in [4.78, 5) is 2.35. The first-order valence-electron chi connectivity index (χ1n) is 17.1. The lowest BCUT2D eigenvalue weighted by molar-refractivity contribution is 0.590. The molecule has 8 aromatic rings. The van der Waals surface area contributed by atoms with Crippen molar-refractivity contribution in [3.05, 3.63) is 188 Å². The molecule has 0 heterocycles. The van der Waals surface area contributed by atoms with Crippen molar-refractivity contribution in [3.63, 3.8) is 0 Å². The van der Waals surface area contributed by atoms with Crippen molar-refractivity contribution in [1.29, 1.82) is 0 Å². The average molecular weight is 630 g/mol. The largest absolute Gasteiger partial charge is 0.311 e. The van der Waals surface area contributed by atoms with Gasteiger partial charge < -0.3 is 4.90 Å². The zero-order valence-electron chi connectivity index (χ0n) is 28.3. The number of hydrogen-bond acceptors (Lipinski definition) is 1. The summed E-state index contributed by atoms with van der Waals surface area (Å²) in [5.41, 5.74) is 12.1. The third kappa shape index (κ3) is 6.01. The van der Waals surface area contributed by atoms with E-state index in [-0.39, 0.29) is 5.41 Å². The summed E-state index contributed by atoms with van der Waals surface area (Å²) in [7, 11) is 0. The van der Waals surface area contributed by atoms with Gasteiger partial charge in [-0.05, 0) is 108 Å². The Balaban J connectivity index is 1.18. The number of fused-ring (bicyclic) bond motifs is 3. The summed E-state index contributed by atoms with van der Waals surface area (Å²) in [6.45, 7) is 6.77. The Hall–Kier alpha value is -5.92. The molecule has 0 amide bonds. The number of rotatable bonds is 6. The minimum atomic E-state index is 0.135. The van der Waals surface area contributed by atoms with Gasteiger partial charge in [0.1, 0.15) is 0 Å². The summed E-state index contributed by atoms with van der Waals surface area (Å²) in [5.74, 6) is 0. The van der Waals surface area contributed by atoms with Crippen LogP contribution in [-0.2, 0) is 5.41 Å². The number of nitrogens with zero attached hydrogens (tertiary/aromatic N) is 1. The van der Waals surface area contributed by atoms with Crippen LogP contribution in [0.4, 0.5) is 17.1 Å². The molecule has 0 aliphatic rings. The monoisotopic (exact) mass is 629 g/mol. The van der Waals surface area contributed by atoms with Crippen LogP contribution in [0.2, 0.25) is 0 Å². The van der Waals surface area contributed by atoms with Gasteiger partial charge in [-0.3, -0.25) is 0 Å². The van der Waals surface area contributed by atoms with Crippen molar-refractivity contribution >= 4 is 38.6 Å². The maximum atomic E-state index is 2.35. The molecule has 0 radical (unpaired) electrons.